The summed E-state index contributed by atoms with van der Waals surface area (Å²) in [6.07, 6.45) is -0.533. The Labute approximate surface area is 90.6 Å². The van der Waals surface area contributed by atoms with Crippen LogP contribution in [-0.4, -0.2) is 45.6 Å². The Balaban J connectivity index is 3.40. The molecule has 1 heterocycles. The molecule has 9 heteroatoms. The Bertz CT molecular complexity index is 451. The highest BCUT2D eigenvalue weighted by Gasteiger charge is 2.57. The van der Waals surface area contributed by atoms with Gasteiger partial charge in [-0.25, -0.2) is 9.69 Å². The maximum atomic E-state index is 11.2. The molecule has 1 rings (SSSR count). The van der Waals surface area contributed by atoms with E-state index in [1.54, 1.807) is 0 Å². The molecule has 0 spiro atoms. The van der Waals surface area contributed by atoms with Crippen molar-refractivity contribution in [2.45, 2.75) is 24.6 Å². The normalized spacial score (nSPS) is 21.0. The van der Waals surface area contributed by atoms with Gasteiger partial charge in [-0.15, -0.1) is 0 Å². The number of imide groups is 1. The molecule has 1 unspecified atom stereocenters. The van der Waals surface area contributed by atoms with Crippen LogP contribution >= 0.6 is 0 Å². The molecule has 1 fully saturated rings. The topological polar surface area (TPSA) is 129 Å². The van der Waals surface area contributed by atoms with E-state index in [1.165, 1.54) is 0 Å². The number of amides is 2. The molecule has 1 aliphatic heterocycles. The van der Waals surface area contributed by atoms with Crippen molar-refractivity contribution in [3.8, 4) is 0 Å². The lowest BCUT2D eigenvalue weighted by Crippen LogP contribution is -2.59. The summed E-state index contributed by atoms with van der Waals surface area (Å²) < 4.78 is 30.9. The second-order valence-corrected chi connectivity index (χ2v) is 5.13. The average molecular weight is 251 g/mol. The predicted octanol–water partition coefficient (Wildman–Crippen LogP) is -1.18. The Morgan fingerprint density at radius 3 is 1.94 bits per heavy atom. The zero-order valence-electron chi connectivity index (χ0n) is 8.21. The van der Waals surface area contributed by atoms with E-state index in [4.69, 9.17) is 9.66 Å². The molecule has 8 nitrogen and oxygen atoms in total. The molecule has 0 saturated carbocycles. The van der Waals surface area contributed by atoms with Crippen LogP contribution in [0.25, 0.3) is 0 Å². The number of likely N-dealkylation sites (tertiary alicyclic amines) is 1. The first-order chi connectivity index (χ1) is 7.12. The van der Waals surface area contributed by atoms with Crippen LogP contribution in [0.2, 0.25) is 0 Å². The van der Waals surface area contributed by atoms with Crippen molar-refractivity contribution in [3.05, 3.63) is 0 Å². The van der Waals surface area contributed by atoms with Gasteiger partial charge in [0.25, 0.3) is 4.87 Å². The van der Waals surface area contributed by atoms with Gasteiger partial charge in [-0.2, -0.15) is 8.42 Å². The van der Waals surface area contributed by atoms with Gasteiger partial charge in [0, 0.05) is 12.8 Å². The highest BCUT2D eigenvalue weighted by atomic mass is 32.2. The minimum atomic E-state index is -5.13. The van der Waals surface area contributed by atoms with Crippen LogP contribution in [0.5, 0.6) is 0 Å². The highest BCUT2D eigenvalue weighted by Crippen LogP contribution is 2.28. The molecule has 0 aromatic rings. The molecule has 16 heavy (non-hydrogen) atoms. The zero-order chi connectivity index (χ0) is 12.7. The average Bonchev–Trinajstić information content (AvgIpc) is 2.43. The maximum absolute atomic E-state index is 11.2. The van der Waals surface area contributed by atoms with E-state index >= 15 is 0 Å². The first kappa shape index (κ1) is 12.6. The van der Waals surface area contributed by atoms with Gasteiger partial charge < -0.3 is 5.11 Å². The largest absolute Gasteiger partial charge is 0.479 e. The number of hydrogen-bond acceptors (Lipinski definition) is 5. The molecule has 0 aliphatic carbocycles. The van der Waals surface area contributed by atoms with Crippen molar-refractivity contribution in [1.82, 2.24) is 4.90 Å². The number of carbonyl (C=O) groups excluding carboxylic acids is 2. The van der Waals surface area contributed by atoms with Crippen LogP contribution in [0.3, 0.4) is 0 Å². The summed E-state index contributed by atoms with van der Waals surface area (Å²) in [4.78, 5) is 30.5. The molecule has 0 aromatic carbocycles. The standard InChI is InChI=1S/C7H9NO7S/c1-7(6(11)12,16(13,14)15)8-4(9)2-3-5(8)10/h2-3H2,1H3,(H,11,12)(H,13,14,15). The summed E-state index contributed by atoms with van der Waals surface area (Å²) in [6.45, 7) is 0.589. The van der Waals surface area contributed by atoms with Gasteiger partial charge in [0.05, 0.1) is 0 Å². The molecule has 1 atom stereocenters. The molecule has 2 amide bonds. The Hall–Kier alpha value is -1.48. The molecular formula is C7H9NO7S. The first-order valence-electron chi connectivity index (χ1n) is 4.18. The number of carbonyl (C=O) groups is 3. The fraction of sp³-hybridized carbons (Fsp3) is 0.571. The number of nitrogens with zero attached hydrogens (tertiary/aromatic N) is 1. The summed E-state index contributed by atoms with van der Waals surface area (Å²) in [7, 11) is -5.13. The lowest BCUT2D eigenvalue weighted by Gasteiger charge is -2.29. The molecule has 0 bridgehead atoms. The lowest BCUT2D eigenvalue weighted by molar-refractivity contribution is -0.156. The van der Waals surface area contributed by atoms with Gasteiger partial charge in [0.1, 0.15) is 0 Å². The number of aliphatic carboxylic acids is 1. The smallest absolute Gasteiger partial charge is 0.348 e. The maximum Gasteiger partial charge on any atom is 0.348 e. The lowest BCUT2D eigenvalue weighted by atomic mass is 10.3. The Kier molecular flexibility index (Phi) is 2.77. The van der Waals surface area contributed by atoms with Crippen molar-refractivity contribution in [2.24, 2.45) is 0 Å². The van der Waals surface area contributed by atoms with Gasteiger partial charge in [0.15, 0.2) is 0 Å². The summed E-state index contributed by atoms with van der Waals surface area (Å²) in [5, 5.41) is 8.78. The summed E-state index contributed by atoms with van der Waals surface area (Å²) in [5.74, 6) is -3.86. The second kappa shape index (κ2) is 3.52. The van der Waals surface area contributed by atoms with Crippen LogP contribution in [0.1, 0.15) is 19.8 Å². The van der Waals surface area contributed by atoms with Gasteiger partial charge in [0.2, 0.25) is 11.8 Å². The molecule has 1 aliphatic rings. The van der Waals surface area contributed by atoms with Crippen molar-refractivity contribution >= 4 is 27.9 Å². The number of carboxylic acid groups (broad SMARTS) is 1. The quantitative estimate of drug-likeness (QED) is 0.477. The Morgan fingerprint density at radius 1 is 1.31 bits per heavy atom. The minimum Gasteiger partial charge on any atom is -0.479 e. The minimum absolute atomic E-state index is 0.0741. The van der Waals surface area contributed by atoms with Crippen molar-refractivity contribution in [1.29, 1.82) is 0 Å². The fourth-order valence-corrected chi connectivity index (χ4v) is 2.03. The van der Waals surface area contributed by atoms with Crippen molar-refractivity contribution in [2.75, 3.05) is 0 Å². The summed E-state index contributed by atoms with van der Waals surface area (Å²) in [6, 6.07) is 0. The summed E-state index contributed by atoms with van der Waals surface area (Å²) >= 11 is 0. The van der Waals surface area contributed by atoms with Gasteiger partial charge in [-0.3, -0.25) is 14.1 Å². The van der Waals surface area contributed by atoms with Crippen LogP contribution in [0.4, 0.5) is 0 Å². The van der Waals surface area contributed by atoms with E-state index in [1.807, 2.05) is 0 Å². The molecule has 90 valence electrons. The van der Waals surface area contributed by atoms with E-state index in [0.29, 0.717) is 6.92 Å². The van der Waals surface area contributed by atoms with E-state index in [-0.39, 0.29) is 17.7 Å². The van der Waals surface area contributed by atoms with Crippen LogP contribution in [0, 0.1) is 0 Å². The third kappa shape index (κ3) is 1.57. The summed E-state index contributed by atoms with van der Waals surface area (Å²) in [5.41, 5.74) is 0. The van der Waals surface area contributed by atoms with Gasteiger partial charge in [-0.1, -0.05) is 0 Å². The van der Waals surface area contributed by atoms with E-state index in [9.17, 15) is 22.8 Å². The molecule has 0 aromatic heterocycles. The number of carboxylic acids is 1. The first-order valence-corrected chi connectivity index (χ1v) is 5.62. The molecule has 0 radical (unpaired) electrons. The van der Waals surface area contributed by atoms with Crippen LogP contribution in [0.15, 0.2) is 0 Å². The van der Waals surface area contributed by atoms with E-state index < -0.39 is 32.8 Å². The predicted molar refractivity (Wildman–Crippen MR) is 48.7 cm³/mol. The molecule has 2 N–H and O–H groups in total. The van der Waals surface area contributed by atoms with Crippen LogP contribution in [-0.2, 0) is 24.5 Å². The van der Waals surface area contributed by atoms with Crippen LogP contribution < -0.4 is 0 Å². The highest BCUT2D eigenvalue weighted by molar-refractivity contribution is 7.88. The second-order valence-electron chi connectivity index (χ2n) is 3.39. The number of hydrogen-bond donors (Lipinski definition) is 2. The SMILES string of the molecule is CC(C(=O)O)(N1C(=O)CCC1=O)S(=O)(=O)O. The molecular weight excluding hydrogens is 242 g/mol. The zero-order valence-corrected chi connectivity index (χ0v) is 9.02. The van der Waals surface area contributed by atoms with Crippen molar-refractivity contribution in [3.63, 3.8) is 0 Å². The third-order valence-corrected chi connectivity index (χ3v) is 3.74. The fourth-order valence-electron chi connectivity index (χ4n) is 1.37. The monoisotopic (exact) mass is 251 g/mol. The molecule has 1 saturated heterocycles. The van der Waals surface area contributed by atoms with Crippen molar-refractivity contribution < 1.29 is 32.5 Å². The van der Waals surface area contributed by atoms with E-state index in [0.717, 1.165) is 0 Å². The van der Waals surface area contributed by atoms with Gasteiger partial charge in [-0.05, 0) is 6.92 Å². The van der Waals surface area contributed by atoms with Gasteiger partial charge >= 0.3 is 16.1 Å². The number of rotatable bonds is 3. The third-order valence-electron chi connectivity index (χ3n) is 2.38. The Morgan fingerprint density at radius 2 is 1.69 bits per heavy atom. The van der Waals surface area contributed by atoms with E-state index in [2.05, 4.69) is 0 Å².